The fraction of sp³-hybridized carbons (Fsp3) is 1.00. The van der Waals surface area contributed by atoms with Crippen LogP contribution in [0.25, 0.3) is 0 Å². The van der Waals surface area contributed by atoms with Crippen LogP contribution >= 0.6 is 0 Å². The Balaban J connectivity index is 0. The minimum absolute atomic E-state index is 0.819. The first-order valence-corrected chi connectivity index (χ1v) is 3.25. The summed E-state index contributed by atoms with van der Waals surface area (Å²) in [5.41, 5.74) is 5.03. The SMILES string of the molecule is CCCN.CO[SiH3]. The van der Waals surface area contributed by atoms with Crippen molar-refractivity contribution in [3.63, 3.8) is 0 Å². The summed E-state index contributed by atoms with van der Waals surface area (Å²) in [6, 6.07) is 0. The van der Waals surface area contributed by atoms with Gasteiger partial charge in [0.2, 0.25) is 0 Å². The molecule has 0 fully saturated rings. The zero-order valence-electron chi connectivity index (χ0n) is 5.40. The van der Waals surface area contributed by atoms with Gasteiger partial charge < -0.3 is 10.2 Å². The molecule has 0 aliphatic carbocycles. The number of rotatable bonds is 1. The molecule has 0 heterocycles. The zero-order chi connectivity index (χ0) is 6.12. The van der Waals surface area contributed by atoms with Crippen LogP contribution in [0.5, 0.6) is 0 Å². The monoisotopic (exact) mass is 121 g/mol. The molecule has 0 aromatic rings. The molecule has 7 heavy (non-hydrogen) atoms. The first-order chi connectivity index (χ1) is 3.33. The van der Waals surface area contributed by atoms with Crippen LogP contribution < -0.4 is 5.73 Å². The van der Waals surface area contributed by atoms with E-state index in [0.29, 0.717) is 0 Å². The first-order valence-electron chi connectivity index (χ1n) is 2.43. The molecular formula is C4H15NOSi. The molecule has 46 valence electrons. The van der Waals surface area contributed by atoms with E-state index in [0.717, 1.165) is 23.5 Å². The smallest absolute Gasteiger partial charge is 0.145 e. The Kier molecular flexibility index (Phi) is 23.9. The second kappa shape index (κ2) is 16.5. The van der Waals surface area contributed by atoms with E-state index in [-0.39, 0.29) is 0 Å². The fourth-order valence-electron chi connectivity index (χ4n) is 0. The van der Waals surface area contributed by atoms with E-state index >= 15 is 0 Å². The standard InChI is InChI=1S/C3H9N.CH6OSi/c1-2-3-4;1-2-3/h2-4H2,1H3;1,3H3. The molecule has 0 radical (unpaired) electrons. The van der Waals surface area contributed by atoms with Crippen LogP contribution in [-0.2, 0) is 4.43 Å². The predicted octanol–water partition coefficient (Wildman–Crippen LogP) is -0.732. The molecular weight excluding hydrogens is 106 g/mol. The minimum Gasteiger partial charge on any atom is -0.431 e. The molecule has 0 unspecified atom stereocenters. The van der Waals surface area contributed by atoms with Crippen molar-refractivity contribution in [1.82, 2.24) is 0 Å². The van der Waals surface area contributed by atoms with Crippen molar-refractivity contribution >= 4 is 10.5 Å². The Hall–Kier alpha value is 0.137. The Bertz CT molecular complexity index is 19.2. The van der Waals surface area contributed by atoms with Crippen LogP contribution in [0.4, 0.5) is 0 Å². The highest BCUT2D eigenvalue weighted by molar-refractivity contribution is 5.97. The second-order valence-corrected chi connectivity index (χ2v) is 2.01. The highest BCUT2D eigenvalue weighted by Gasteiger charge is 1.55. The van der Waals surface area contributed by atoms with Gasteiger partial charge in [-0.3, -0.25) is 0 Å². The lowest BCUT2D eigenvalue weighted by atomic mass is 10.5. The van der Waals surface area contributed by atoms with Crippen LogP contribution in [0.2, 0.25) is 0 Å². The molecule has 0 aromatic carbocycles. The molecule has 0 aliphatic heterocycles. The zero-order valence-corrected chi connectivity index (χ0v) is 7.40. The van der Waals surface area contributed by atoms with E-state index in [1.807, 2.05) is 0 Å². The Morgan fingerprint density at radius 2 is 1.86 bits per heavy atom. The van der Waals surface area contributed by atoms with Crippen molar-refractivity contribution in [1.29, 1.82) is 0 Å². The van der Waals surface area contributed by atoms with Crippen LogP contribution in [0.1, 0.15) is 13.3 Å². The van der Waals surface area contributed by atoms with Gasteiger partial charge in [-0.1, -0.05) is 6.92 Å². The molecule has 0 amide bonds. The van der Waals surface area contributed by atoms with Crippen LogP contribution in [0.3, 0.4) is 0 Å². The lowest BCUT2D eigenvalue weighted by Gasteiger charge is -1.70. The maximum atomic E-state index is 5.03. The van der Waals surface area contributed by atoms with E-state index in [1.54, 1.807) is 7.11 Å². The molecule has 0 saturated carbocycles. The predicted molar refractivity (Wildman–Crippen MR) is 36.3 cm³/mol. The van der Waals surface area contributed by atoms with Crippen molar-refractivity contribution in [2.24, 2.45) is 5.73 Å². The van der Waals surface area contributed by atoms with Crippen LogP contribution in [0.15, 0.2) is 0 Å². The van der Waals surface area contributed by atoms with Crippen molar-refractivity contribution < 1.29 is 4.43 Å². The fourth-order valence-corrected chi connectivity index (χ4v) is 0. The van der Waals surface area contributed by atoms with E-state index in [4.69, 9.17) is 5.73 Å². The average molecular weight is 121 g/mol. The van der Waals surface area contributed by atoms with Gasteiger partial charge in [0, 0.05) is 7.11 Å². The van der Waals surface area contributed by atoms with Gasteiger partial charge in [-0.25, -0.2) is 0 Å². The van der Waals surface area contributed by atoms with Gasteiger partial charge in [-0.2, -0.15) is 0 Å². The second-order valence-electron chi connectivity index (χ2n) is 1.20. The van der Waals surface area contributed by atoms with Crippen molar-refractivity contribution in [3.8, 4) is 0 Å². The number of nitrogens with two attached hydrogens (primary N) is 1. The van der Waals surface area contributed by atoms with Gasteiger partial charge in [0.1, 0.15) is 10.5 Å². The largest absolute Gasteiger partial charge is 0.431 e. The highest BCUT2D eigenvalue weighted by atomic mass is 28.2. The topological polar surface area (TPSA) is 35.2 Å². The molecule has 0 aromatic heterocycles. The minimum atomic E-state index is 0.819. The summed E-state index contributed by atoms with van der Waals surface area (Å²) in [6.07, 6.45) is 1.10. The van der Waals surface area contributed by atoms with Crippen LogP contribution in [-0.4, -0.2) is 24.1 Å². The number of hydrogen-bond donors (Lipinski definition) is 1. The van der Waals surface area contributed by atoms with E-state index in [1.165, 1.54) is 0 Å². The lowest BCUT2D eigenvalue weighted by molar-refractivity contribution is 0.460. The van der Waals surface area contributed by atoms with Gasteiger partial charge in [0.15, 0.2) is 0 Å². The van der Waals surface area contributed by atoms with Crippen molar-refractivity contribution in [3.05, 3.63) is 0 Å². The molecule has 0 spiro atoms. The van der Waals surface area contributed by atoms with Crippen molar-refractivity contribution in [2.45, 2.75) is 13.3 Å². The molecule has 0 rings (SSSR count). The molecule has 0 atom stereocenters. The van der Waals surface area contributed by atoms with Gasteiger partial charge in [0.25, 0.3) is 0 Å². The summed E-state index contributed by atoms with van der Waals surface area (Å²) in [4.78, 5) is 0. The summed E-state index contributed by atoms with van der Waals surface area (Å²) in [7, 11) is 2.56. The molecule has 2 N–H and O–H groups in total. The van der Waals surface area contributed by atoms with Crippen molar-refractivity contribution in [2.75, 3.05) is 13.7 Å². The third-order valence-corrected chi connectivity index (χ3v) is 0.289. The summed E-state index contributed by atoms with van der Waals surface area (Å²) in [5, 5.41) is 0. The number of hydrogen-bond acceptors (Lipinski definition) is 2. The Morgan fingerprint density at radius 3 is 1.86 bits per heavy atom. The third kappa shape index (κ3) is 81.3. The molecule has 0 saturated heterocycles. The normalized spacial score (nSPS) is 7.29. The Morgan fingerprint density at radius 1 is 1.71 bits per heavy atom. The quantitative estimate of drug-likeness (QED) is 0.464. The summed E-state index contributed by atoms with van der Waals surface area (Å²) < 4.78 is 4.39. The maximum Gasteiger partial charge on any atom is 0.145 e. The van der Waals surface area contributed by atoms with E-state index in [9.17, 15) is 0 Å². The van der Waals surface area contributed by atoms with Gasteiger partial charge >= 0.3 is 0 Å². The van der Waals surface area contributed by atoms with Gasteiger partial charge in [-0.15, -0.1) is 0 Å². The van der Waals surface area contributed by atoms with E-state index < -0.39 is 0 Å². The third-order valence-electron chi connectivity index (χ3n) is 0.289. The lowest BCUT2D eigenvalue weighted by Crippen LogP contribution is -1.93. The summed E-state index contributed by atoms with van der Waals surface area (Å²) >= 11 is 0. The maximum absolute atomic E-state index is 5.03. The molecule has 0 aliphatic rings. The summed E-state index contributed by atoms with van der Waals surface area (Å²) in [6.45, 7) is 2.88. The van der Waals surface area contributed by atoms with Gasteiger partial charge in [0.05, 0.1) is 0 Å². The van der Waals surface area contributed by atoms with Gasteiger partial charge in [-0.05, 0) is 13.0 Å². The molecule has 3 heteroatoms. The first kappa shape index (κ1) is 10.2. The average Bonchev–Trinajstić information content (AvgIpc) is 1.69. The van der Waals surface area contributed by atoms with Crippen LogP contribution in [0, 0.1) is 0 Å². The Labute approximate surface area is 48.6 Å². The molecule has 0 bridgehead atoms. The summed E-state index contributed by atoms with van der Waals surface area (Å²) in [5.74, 6) is 0. The highest BCUT2D eigenvalue weighted by Crippen LogP contribution is 1.57. The molecule has 2 nitrogen and oxygen atoms in total. The van der Waals surface area contributed by atoms with E-state index in [2.05, 4.69) is 11.3 Å².